The first-order chi connectivity index (χ1) is 6.79. The summed E-state index contributed by atoms with van der Waals surface area (Å²) in [6.45, 7) is 0. The van der Waals surface area contributed by atoms with Gasteiger partial charge < -0.3 is 4.74 Å². The lowest BCUT2D eigenvalue weighted by atomic mass is 10.2. The van der Waals surface area contributed by atoms with E-state index in [9.17, 15) is 0 Å². The summed E-state index contributed by atoms with van der Waals surface area (Å²) < 4.78 is 6.29. The highest BCUT2D eigenvalue weighted by Crippen LogP contribution is 2.27. The molecule has 2 nitrogen and oxygen atoms in total. The first-order valence-corrected chi connectivity index (χ1v) is 5.95. The maximum Gasteiger partial charge on any atom is 0.124 e. The third kappa shape index (κ3) is 2.06. The third-order valence-electron chi connectivity index (χ3n) is 1.81. The Morgan fingerprint density at radius 2 is 2.00 bits per heavy atom. The van der Waals surface area contributed by atoms with Gasteiger partial charge in [0.25, 0.3) is 0 Å². The van der Waals surface area contributed by atoms with Gasteiger partial charge in [-0.25, -0.2) is 4.98 Å². The predicted octanol–water partition coefficient (Wildman–Crippen LogP) is 3.42. The Balaban J connectivity index is 2.33. The first-order valence-electron chi connectivity index (χ1n) is 4.05. The molecular weight excluding hydrogens is 309 g/mol. The molecule has 0 amide bonds. The zero-order valence-corrected chi connectivity index (χ0v) is 10.5. The number of aromatic nitrogens is 1. The minimum atomic E-state index is 0.875. The molecule has 0 atom stereocenters. The van der Waals surface area contributed by atoms with Gasteiger partial charge in [0.2, 0.25) is 0 Å². The van der Waals surface area contributed by atoms with Crippen molar-refractivity contribution in [2.24, 2.45) is 0 Å². The van der Waals surface area contributed by atoms with E-state index in [0.29, 0.717) is 0 Å². The van der Waals surface area contributed by atoms with Gasteiger partial charge in [-0.05, 0) is 46.9 Å². The van der Waals surface area contributed by atoms with Crippen LogP contribution in [0, 0.1) is 2.88 Å². The number of nitrogens with zero attached hydrogens (tertiary/aromatic N) is 1. The van der Waals surface area contributed by atoms with Gasteiger partial charge in [0.15, 0.2) is 0 Å². The van der Waals surface area contributed by atoms with E-state index in [0.717, 1.165) is 16.3 Å². The summed E-state index contributed by atoms with van der Waals surface area (Å²) in [6, 6.07) is 7.94. The van der Waals surface area contributed by atoms with E-state index >= 15 is 0 Å². The molecule has 0 N–H and O–H groups in total. The molecule has 1 heterocycles. The molecule has 0 saturated carbocycles. The van der Waals surface area contributed by atoms with Crippen molar-refractivity contribution in [1.82, 2.24) is 4.98 Å². The molecule has 0 aliphatic heterocycles. The SMILES string of the molecule is COc1ccc(-c2ncc(I)s2)cc1. The second-order valence-electron chi connectivity index (χ2n) is 2.70. The Morgan fingerprint density at radius 3 is 2.50 bits per heavy atom. The molecule has 1 aromatic carbocycles. The third-order valence-corrected chi connectivity index (χ3v) is 3.59. The molecule has 2 rings (SSSR count). The molecule has 1 aromatic heterocycles. The summed E-state index contributed by atoms with van der Waals surface area (Å²) in [5, 5.41) is 1.05. The molecule has 14 heavy (non-hydrogen) atoms. The molecule has 0 spiro atoms. The van der Waals surface area contributed by atoms with Crippen LogP contribution in [0.25, 0.3) is 10.6 Å². The van der Waals surface area contributed by atoms with Crippen LogP contribution >= 0.6 is 33.9 Å². The molecule has 0 saturated heterocycles. The average molecular weight is 317 g/mol. The number of thiazole rings is 1. The summed E-state index contributed by atoms with van der Waals surface area (Å²) >= 11 is 3.96. The average Bonchev–Trinajstić information content (AvgIpc) is 2.65. The van der Waals surface area contributed by atoms with Crippen LogP contribution in [0.4, 0.5) is 0 Å². The van der Waals surface area contributed by atoms with Gasteiger partial charge in [-0.1, -0.05) is 0 Å². The summed E-state index contributed by atoms with van der Waals surface area (Å²) in [6.07, 6.45) is 1.88. The van der Waals surface area contributed by atoms with Crippen molar-refractivity contribution >= 4 is 33.9 Å². The molecule has 2 aromatic rings. The molecule has 0 fully saturated rings. The smallest absolute Gasteiger partial charge is 0.124 e. The Morgan fingerprint density at radius 1 is 1.29 bits per heavy atom. The Bertz CT molecular complexity index is 424. The van der Waals surface area contributed by atoms with E-state index in [1.165, 1.54) is 2.88 Å². The van der Waals surface area contributed by atoms with Crippen molar-refractivity contribution in [2.75, 3.05) is 7.11 Å². The molecular formula is C10H8INOS. The Labute approximate surface area is 100 Å². The van der Waals surface area contributed by atoms with Crippen LogP contribution in [0.2, 0.25) is 0 Å². The zero-order chi connectivity index (χ0) is 9.97. The quantitative estimate of drug-likeness (QED) is 0.792. The topological polar surface area (TPSA) is 22.1 Å². The maximum atomic E-state index is 5.09. The summed E-state index contributed by atoms with van der Waals surface area (Å²) in [5.74, 6) is 0.875. The van der Waals surface area contributed by atoms with E-state index < -0.39 is 0 Å². The summed E-state index contributed by atoms with van der Waals surface area (Å²) in [7, 11) is 1.67. The maximum absolute atomic E-state index is 5.09. The fourth-order valence-electron chi connectivity index (χ4n) is 1.12. The summed E-state index contributed by atoms with van der Waals surface area (Å²) in [5.41, 5.74) is 1.14. The van der Waals surface area contributed by atoms with Crippen LogP contribution in [-0.2, 0) is 0 Å². The molecule has 4 heteroatoms. The number of hydrogen-bond acceptors (Lipinski definition) is 3. The van der Waals surface area contributed by atoms with E-state index in [-0.39, 0.29) is 0 Å². The predicted molar refractivity (Wildman–Crippen MR) is 66.8 cm³/mol. The first kappa shape index (κ1) is 9.92. The molecule has 0 aliphatic rings. The fourth-order valence-corrected chi connectivity index (χ4v) is 2.54. The molecule has 0 radical (unpaired) electrons. The van der Waals surface area contributed by atoms with Crippen molar-refractivity contribution < 1.29 is 4.74 Å². The van der Waals surface area contributed by atoms with Gasteiger partial charge in [-0.15, -0.1) is 11.3 Å². The van der Waals surface area contributed by atoms with Crippen LogP contribution in [0.15, 0.2) is 30.5 Å². The van der Waals surface area contributed by atoms with E-state index in [4.69, 9.17) is 4.74 Å². The molecule has 0 bridgehead atoms. The van der Waals surface area contributed by atoms with Crippen LogP contribution in [0.5, 0.6) is 5.75 Å². The highest BCUT2D eigenvalue weighted by atomic mass is 127. The van der Waals surface area contributed by atoms with E-state index in [2.05, 4.69) is 27.6 Å². The van der Waals surface area contributed by atoms with Crippen LogP contribution in [0.1, 0.15) is 0 Å². The lowest BCUT2D eigenvalue weighted by Gasteiger charge is -1.99. The Kier molecular flexibility index (Phi) is 3.02. The number of rotatable bonds is 2. The fraction of sp³-hybridized carbons (Fsp3) is 0.100. The minimum Gasteiger partial charge on any atom is -0.497 e. The molecule has 0 aliphatic carbocycles. The largest absolute Gasteiger partial charge is 0.497 e. The number of ether oxygens (including phenoxy) is 1. The number of benzene rings is 1. The monoisotopic (exact) mass is 317 g/mol. The van der Waals surface area contributed by atoms with Crippen LogP contribution < -0.4 is 4.74 Å². The van der Waals surface area contributed by atoms with Gasteiger partial charge in [0, 0.05) is 5.56 Å². The molecule has 72 valence electrons. The van der Waals surface area contributed by atoms with Gasteiger partial charge in [0.1, 0.15) is 10.8 Å². The van der Waals surface area contributed by atoms with Crippen molar-refractivity contribution in [3.63, 3.8) is 0 Å². The number of halogens is 1. The number of methoxy groups -OCH3 is 1. The highest BCUT2D eigenvalue weighted by Gasteiger charge is 2.02. The van der Waals surface area contributed by atoms with Crippen molar-refractivity contribution in [2.45, 2.75) is 0 Å². The summed E-state index contributed by atoms with van der Waals surface area (Å²) in [4.78, 5) is 4.31. The van der Waals surface area contributed by atoms with Gasteiger partial charge in [0.05, 0.1) is 16.2 Å². The van der Waals surface area contributed by atoms with E-state index in [1.807, 2.05) is 30.5 Å². The van der Waals surface area contributed by atoms with Crippen molar-refractivity contribution in [3.05, 3.63) is 33.3 Å². The second kappa shape index (κ2) is 4.27. The Hall–Kier alpha value is -0.620. The van der Waals surface area contributed by atoms with Gasteiger partial charge >= 0.3 is 0 Å². The number of hydrogen-bond donors (Lipinski definition) is 0. The lowest BCUT2D eigenvalue weighted by Crippen LogP contribution is -1.81. The standard InChI is InChI=1S/C10H8INOS/c1-13-8-4-2-7(3-5-8)10-12-6-9(11)14-10/h2-6H,1H3. The van der Waals surface area contributed by atoms with Gasteiger partial charge in [-0.3, -0.25) is 0 Å². The lowest BCUT2D eigenvalue weighted by molar-refractivity contribution is 0.415. The molecule has 0 unspecified atom stereocenters. The van der Waals surface area contributed by atoms with Gasteiger partial charge in [-0.2, -0.15) is 0 Å². The van der Waals surface area contributed by atoms with E-state index in [1.54, 1.807) is 18.4 Å². The normalized spacial score (nSPS) is 10.1. The van der Waals surface area contributed by atoms with Crippen molar-refractivity contribution in [1.29, 1.82) is 0 Å². The second-order valence-corrected chi connectivity index (χ2v) is 5.62. The minimum absolute atomic E-state index is 0.875. The highest BCUT2D eigenvalue weighted by molar-refractivity contribution is 14.1. The van der Waals surface area contributed by atoms with Crippen LogP contribution in [0.3, 0.4) is 0 Å². The van der Waals surface area contributed by atoms with Crippen molar-refractivity contribution in [3.8, 4) is 16.3 Å². The zero-order valence-electron chi connectivity index (χ0n) is 7.53. The van der Waals surface area contributed by atoms with Crippen LogP contribution in [-0.4, -0.2) is 12.1 Å².